The lowest BCUT2D eigenvalue weighted by molar-refractivity contribution is 0.471. The van der Waals surface area contributed by atoms with Gasteiger partial charge in [0.2, 0.25) is 0 Å². The van der Waals surface area contributed by atoms with E-state index < -0.39 is 28.8 Å². The molecule has 0 amide bonds. The van der Waals surface area contributed by atoms with Gasteiger partial charge in [0.05, 0.1) is 18.4 Å². The summed E-state index contributed by atoms with van der Waals surface area (Å²) in [4.78, 5) is 3.87. The van der Waals surface area contributed by atoms with Crippen LogP contribution in [0.15, 0.2) is 24.4 Å². The Morgan fingerprint density at radius 2 is 1.70 bits per heavy atom. The van der Waals surface area contributed by atoms with Crippen molar-refractivity contribution in [2.45, 2.75) is 27.3 Å². The molecule has 7 heteroatoms. The van der Waals surface area contributed by atoms with E-state index in [0.717, 1.165) is 12.3 Å². The van der Waals surface area contributed by atoms with Crippen LogP contribution in [0.1, 0.15) is 25.1 Å². The number of pyridine rings is 1. The van der Waals surface area contributed by atoms with Crippen LogP contribution in [0.3, 0.4) is 0 Å². The van der Waals surface area contributed by atoms with E-state index in [-0.39, 0.29) is 12.2 Å². The van der Waals surface area contributed by atoms with Crippen LogP contribution in [0.2, 0.25) is 0 Å². The van der Waals surface area contributed by atoms with Crippen LogP contribution < -0.4 is 0 Å². The van der Waals surface area contributed by atoms with Crippen molar-refractivity contribution < 1.29 is 17.6 Å². The van der Waals surface area contributed by atoms with Crippen molar-refractivity contribution in [3.8, 4) is 0 Å². The molecule has 3 aromatic rings. The first-order valence-electron chi connectivity index (χ1n) is 7.08. The summed E-state index contributed by atoms with van der Waals surface area (Å²) < 4.78 is 54.9. The third-order valence-electron chi connectivity index (χ3n) is 3.19. The average Bonchev–Trinajstić information content (AvgIpc) is 2.85. The maximum Gasteiger partial charge on any atom is 0.166 e. The molecule has 0 saturated heterocycles. The Kier molecular flexibility index (Phi) is 4.98. The summed E-state index contributed by atoms with van der Waals surface area (Å²) in [5.41, 5.74) is 0.289. The monoisotopic (exact) mass is 325 g/mol. The largest absolute Gasteiger partial charge is 0.242 e. The molecular weight excluding hydrogens is 310 g/mol. The summed E-state index contributed by atoms with van der Waals surface area (Å²) in [6, 6.07) is 2.80. The molecular formula is C16H15F4N3. The van der Waals surface area contributed by atoms with Gasteiger partial charge in [0, 0.05) is 10.9 Å². The summed E-state index contributed by atoms with van der Waals surface area (Å²) in [6.07, 6.45) is 0.984. The molecule has 2 heterocycles. The van der Waals surface area contributed by atoms with E-state index in [4.69, 9.17) is 0 Å². The lowest BCUT2D eigenvalue weighted by Gasteiger charge is -2.06. The van der Waals surface area contributed by atoms with Gasteiger partial charge in [-0.05, 0) is 25.1 Å². The van der Waals surface area contributed by atoms with Crippen LogP contribution in [0, 0.1) is 30.2 Å². The van der Waals surface area contributed by atoms with Crippen LogP contribution in [0.5, 0.6) is 0 Å². The SMILES string of the molecule is CC.Cc1nn(Cc2c(F)ccc(F)c2F)c2ncc(F)cc12. The van der Waals surface area contributed by atoms with Crippen molar-refractivity contribution in [3.63, 3.8) is 0 Å². The molecule has 0 spiro atoms. The van der Waals surface area contributed by atoms with Crippen molar-refractivity contribution in [3.05, 3.63) is 58.9 Å². The molecule has 0 fully saturated rings. The molecule has 0 radical (unpaired) electrons. The third-order valence-corrected chi connectivity index (χ3v) is 3.19. The number of benzene rings is 1. The van der Waals surface area contributed by atoms with Crippen LogP contribution in [-0.4, -0.2) is 14.8 Å². The predicted molar refractivity (Wildman–Crippen MR) is 79.0 cm³/mol. The van der Waals surface area contributed by atoms with E-state index in [1.165, 1.54) is 10.7 Å². The molecule has 23 heavy (non-hydrogen) atoms. The van der Waals surface area contributed by atoms with E-state index in [1.807, 2.05) is 13.8 Å². The number of halogens is 4. The Hall–Kier alpha value is -2.44. The van der Waals surface area contributed by atoms with E-state index in [2.05, 4.69) is 10.1 Å². The zero-order chi connectivity index (χ0) is 17.1. The van der Waals surface area contributed by atoms with E-state index in [0.29, 0.717) is 17.1 Å². The average molecular weight is 325 g/mol. The van der Waals surface area contributed by atoms with E-state index >= 15 is 0 Å². The summed E-state index contributed by atoms with van der Waals surface area (Å²) in [7, 11) is 0. The minimum atomic E-state index is -1.27. The number of aromatic nitrogens is 3. The fraction of sp³-hybridized carbons (Fsp3) is 0.250. The van der Waals surface area contributed by atoms with Crippen molar-refractivity contribution in [2.75, 3.05) is 0 Å². The third kappa shape index (κ3) is 3.18. The minimum absolute atomic E-state index is 0.275. The topological polar surface area (TPSA) is 30.7 Å². The summed E-state index contributed by atoms with van der Waals surface area (Å²) >= 11 is 0. The number of rotatable bonds is 2. The summed E-state index contributed by atoms with van der Waals surface area (Å²) in [5, 5.41) is 4.51. The predicted octanol–water partition coefficient (Wildman–Crippen LogP) is 4.37. The quantitative estimate of drug-likeness (QED) is 0.517. The Morgan fingerprint density at radius 1 is 1.04 bits per heavy atom. The molecule has 3 nitrogen and oxygen atoms in total. The minimum Gasteiger partial charge on any atom is -0.242 e. The molecule has 0 N–H and O–H groups in total. The molecule has 0 unspecified atom stereocenters. The highest BCUT2D eigenvalue weighted by atomic mass is 19.2. The van der Waals surface area contributed by atoms with Crippen LogP contribution in [0.4, 0.5) is 17.6 Å². The van der Waals surface area contributed by atoms with Crippen molar-refractivity contribution in [1.29, 1.82) is 0 Å². The first-order chi connectivity index (χ1) is 11.0. The van der Waals surface area contributed by atoms with Gasteiger partial charge in [-0.2, -0.15) is 5.10 Å². The van der Waals surface area contributed by atoms with Gasteiger partial charge in [0.15, 0.2) is 17.3 Å². The van der Waals surface area contributed by atoms with Gasteiger partial charge < -0.3 is 0 Å². The molecule has 2 aromatic heterocycles. The Bertz CT molecular complexity index is 843. The van der Waals surface area contributed by atoms with Gasteiger partial charge in [-0.25, -0.2) is 27.2 Å². The van der Waals surface area contributed by atoms with Crippen LogP contribution >= 0.6 is 0 Å². The molecule has 0 bridgehead atoms. The van der Waals surface area contributed by atoms with E-state index in [1.54, 1.807) is 6.92 Å². The lowest BCUT2D eigenvalue weighted by Crippen LogP contribution is -2.08. The first-order valence-corrected chi connectivity index (χ1v) is 7.08. The van der Waals surface area contributed by atoms with Gasteiger partial charge >= 0.3 is 0 Å². The molecule has 0 atom stereocenters. The Balaban J connectivity index is 0.000000924. The van der Waals surface area contributed by atoms with Gasteiger partial charge in [-0.1, -0.05) is 13.8 Å². The van der Waals surface area contributed by atoms with Crippen LogP contribution in [0.25, 0.3) is 11.0 Å². The zero-order valence-electron chi connectivity index (χ0n) is 12.9. The molecule has 0 saturated carbocycles. The highest BCUT2D eigenvalue weighted by Gasteiger charge is 2.17. The number of nitrogens with zero attached hydrogens (tertiary/aromatic N) is 3. The molecule has 1 aromatic carbocycles. The zero-order valence-corrected chi connectivity index (χ0v) is 12.9. The van der Waals surface area contributed by atoms with E-state index in [9.17, 15) is 17.6 Å². The second-order valence-corrected chi connectivity index (χ2v) is 4.59. The standard InChI is InChI=1S/C14H9F4N3.C2H6/c1-7-9-4-8(15)5-19-14(9)21(20-7)6-10-11(16)2-3-12(17)13(10)18;1-2/h2-5H,6H2,1H3;1-2H3. The highest BCUT2D eigenvalue weighted by molar-refractivity contribution is 5.78. The van der Waals surface area contributed by atoms with Crippen LogP contribution in [-0.2, 0) is 6.54 Å². The molecule has 0 aliphatic carbocycles. The molecule has 0 aliphatic rings. The molecule has 122 valence electrons. The Labute approximate surface area is 130 Å². The van der Waals surface area contributed by atoms with Gasteiger partial charge in [-0.3, -0.25) is 0 Å². The summed E-state index contributed by atoms with van der Waals surface area (Å²) in [5.74, 6) is -3.82. The first kappa shape index (κ1) is 16.9. The fourth-order valence-corrected chi connectivity index (χ4v) is 2.16. The van der Waals surface area contributed by atoms with Crippen molar-refractivity contribution in [1.82, 2.24) is 14.8 Å². The van der Waals surface area contributed by atoms with Gasteiger partial charge in [0.25, 0.3) is 0 Å². The maximum atomic E-state index is 13.7. The van der Waals surface area contributed by atoms with Crippen molar-refractivity contribution >= 4 is 11.0 Å². The molecule has 3 rings (SSSR count). The normalized spacial score (nSPS) is 10.6. The smallest absolute Gasteiger partial charge is 0.166 e. The van der Waals surface area contributed by atoms with Gasteiger partial charge in [0.1, 0.15) is 11.6 Å². The number of fused-ring (bicyclic) bond motifs is 1. The Morgan fingerprint density at radius 3 is 2.39 bits per heavy atom. The number of hydrogen-bond acceptors (Lipinski definition) is 2. The van der Waals surface area contributed by atoms with Gasteiger partial charge in [-0.15, -0.1) is 0 Å². The van der Waals surface area contributed by atoms with Crippen molar-refractivity contribution in [2.24, 2.45) is 0 Å². The molecule has 0 aliphatic heterocycles. The number of hydrogen-bond donors (Lipinski definition) is 0. The fourth-order valence-electron chi connectivity index (χ4n) is 2.16. The second-order valence-electron chi connectivity index (χ2n) is 4.59. The second kappa shape index (κ2) is 6.76. The highest BCUT2D eigenvalue weighted by Crippen LogP contribution is 2.21. The lowest BCUT2D eigenvalue weighted by atomic mass is 10.2. The maximum absolute atomic E-state index is 13.7. The number of aryl methyl sites for hydroxylation is 1. The summed E-state index contributed by atoms with van der Waals surface area (Å²) in [6.45, 7) is 5.29.